The molecular weight excluding hydrogens is 432 g/mol. The molecule has 3 aromatic heterocycles. The summed E-state index contributed by atoms with van der Waals surface area (Å²) in [5.74, 6) is -1.46. The van der Waals surface area contributed by atoms with Crippen LogP contribution < -0.4 is 5.32 Å². The molecule has 0 aliphatic rings. The molecule has 3 heterocycles. The zero-order valence-corrected chi connectivity index (χ0v) is 15.7. The Bertz CT molecular complexity index is 1220. The van der Waals surface area contributed by atoms with Crippen molar-refractivity contribution >= 4 is 40.2 Å². The number of carbonyl (C=O) groups is 1. The highest BCUT2D eigenvalue weighted by Crippen LogP contribution is 2.33. The van der Waals surface area contributed by atoms with E-state index < -0.39 is 23.6 Å². The fourth-order valence-electron chi connectivity index (χ4n) is 2.61. The van der Waals surface area contributed by atoms with Crippen molar-refractivity contribution in [1.29, 1.82) is 0 Å². The monoisotopic (exact) mass is 440 g/mol. The maximum Gasteiger partial charge on any atom is 0.433 e. The number of halogens is 5. The first kappa shape index (κ1) is 19.3. The molecule has 0 saturated heterocycles. The third kappa shape index (κ3) is 3.81. The third-order valence-corrected chi connectivity index (χ3v) is 5.08. The topological polar surface area (TPSA) is 59.3 Å². The van der Waals surface area contributed by atoms with Gasteiger partial charge in [-0.05, 0) is 35.7 Å². The van der Waals surface area contributed by atoms with Gasteiger partial charge in [0.25, 0.3) is 5.91 Å². The number of benzene rings is 1. The number of thiophene rings is 1. The van der Waals surface area contributed by atoms with Gasteiger partial charge in [0.1, 0.15) is 5.82 Å². The summed E-state index contributed by atoms with van der Waals surface area (Å²) in [7, 11) is 0. The number of hydrogen-bond donors (Lipinski definition) is 1. The van der Waals surface area contributed by atoms with Crippen LogP contribution in [0.25, 0.3) is 16.2 Å². The minimum absolute atomic E-state index is 0.122. The molecule has 1 N–H and O–H groups in total. The molecule has 0 atom stereocenters. The molecule has 4 rings (SSSR count). The first-order valence-electron chi connectivity index (χ1n) is 8.00. The summed E-state index contributed by atoms with van der Waals surface area (Å²) in [6.07, 6.45) is -4.71. The van der Waals surface area contributed by atoms with Crippen LogP contribution in [0.1, 0.15) is 16.2 Å². The highest BCUT2D eigenvalue weighted by Gasteiger charge is 2.35. The van der Waals surface area contributed by atoms with E-state index in [0.717, 1.165) is 18.2 Å². The van der Waals surface area contributed by atoms with Gasteiger partial charge in [-0.15, -0.1) is 11.3 Å². The Morgan fingerprint density at radius 2 is 1.97 bits per heavy atom. The summed E-state index contributed by atoms with van der Waals surface area (Å²) in [5.41, 5.74) is -1.19. The predicted molar refractivity (Wildman–Crippen MR) is 101 cm³/mol. The van der Waals surface area contributed by atoms with Gasteiger partial charge < -0.3 is 5.32 Å². The summed E-state index contributed by atoms with van der Waals surface area (Å²) in [4.78, 5) is 17.2. The van der Waals surface area contributed by atoms with Gasteiger partial charge in [-0.1, -0.05) is 17.7 Å². The Hall–Kier alpha value is -2.98. The van der Waals surface area contributed by atoms with Crippen LogP contribution in [0.5, 0.6) is 0 Å². The number of alkyl halides is 3. The van der Waals surface area contributed by atoms with Gasteiger partial charge in [-0.3, -0.25) is 4.79 Å². The average molecular weight is 441 g/mol. The van der Waals surface area contributed by atoms with E-state index in [9.17, 15) is 22.4 Å². The van der Waals surface area contributed by atoms with Gasteiger partial charge in [0, 0.05) is 11.8 Å². The van der Waals surface area contributed by atoms with Crippen LogP contribution in [0.4, 0.5) is 23.2 Å². The lowest BCUT2D eigenvalue weighted by molar-refractivity contribution is -0.142. The molecular formula is C18H9ClF4N4OS. The number of anilines is 1. The molecule has 148 valence electrons. The van der Waals surface area contributed by atoms with Crippen molar-refractivity contribution in [3.63, 3.8) is 0 Å². The van der Waals surface area contributed by atoms with Crippen molar-refractivity contribution in [1.82, 2.24) is 14.6 Å². The highest BCUT2D eigenvalue weighted by atomic mass is 35.5. The van der Waals surface area contributed by atoms with E-state index in [4.69, 9.17) is 11.6 Å². The molecule has 11 heteroatoms. The Labute approximate surface area is 169 Å². The third-order valence-electron chi connectivity index (χ3n) is 3.90. The molecule has 1 amide bonds. The van der Waals surface area contributed by atoms with Crippen molar-refractivity contribution in [2.45, 2.75) is 6.18 Å². The minimum atomic E-state index is -4.71. The van der Waals surface area contributed by atoms with Crippen molar-refractivity contribution in [3.8, 4) is 10.6 Å². The molecule has 0 aliphatic carbocycles. The normalized spacial score (nSPS) is 11.8. The van der Waals surface area contributed by atoms with Crippen molar-refractivity contribution < 1.29 is 22.4 Å². The fraction of sp³-hybridized carbons (Fsp3) is 0.0556. The van der Waals surface area contributed by atoms with Crippen LogP contribution in [0, 0.1) is 5.82 Å². The van der Waals surface area contributed by atoms with E-state index in [1.807, 2.05) is 0 Å². The standard InChI is InChI=1S/C18H9ClF4N4OS/c19-10-6-9(3-4-11(10)20)24-17(28)13-8-16-25-12(14-2-1-5-29-14)7-15(18(21,22)23)27(16)26-13/h1-8H,(H,24,28). The van der Waals surface area contributed by atoms with Crippen molar-refractivity contribution in [3.05, 3.63) is 70.1 Å². The smallest absolute Gasteiger partial charge is 0.321 e. The molecule has 5 nitrogen and oxygen atoms in total. The van der Waals surface area contributed by atoms with Crippen molar-refractivity contribution in [2.24, 2.45) is 0 Å². The number of amides is 1. The number of carbonyl (C=O) groups excluding carboxylic acids is 1. The van der Waals surface area contributed by atoms with E-state index in [-0.39, 0.29) is 27.7 Å². The van der Waals surface area contributed by atoms with Gasteiger partial charge in [0.05, 0.1) is 15.6 Å². The highest BCUT2D eigenvalue weighted by molar-refractivity contribution is 7.13. The van der Waals surface area contributed by atoms with E-state index in [1.54, 1.807) is 17.5 Å². The van der Waals surface area contributed by atoms with Gasteiger partial charge in [-0.2, -0.15) is 18.3 Å². The fourth-order valence-corrected chi connectivity index (χ4v) is 3.47. The summed E-state index contributed by atoms with van der Waals surface area (Å²) in [6, 6.07) is 8.87. The summed E-state index contributed by atoms with van der Waals surface area (Å²) < 4.78 is 54.4. The second-order valence-corrected chi connectivity index (χ2v) is 7.24. The first-order chi connectivity index (χ1) is 13.7. The number of hydrogen-bond acceptors (Lipinski definition) is 4. The Morgan fingerprint density at radius 3 is 2.62 bits per heavy atom. The van der Waals surface area contributed by atoms with E-state index in [0.29, 0.717) is 9.39 Å². The second kappa shape index (κ2) is 7.12. The number of nitrogens with zero attached hydrogens (tertiary/aromatic N) is 3. The van der Waals surface area contributed by atoms with Crippen LogP contribution in [0.2, 0.25) is 5.02 Å². The summed E-state index contributed by atoms with van der Waals surface area (Å²) >= 11 is 6.90. The maximum absolute atomic E-state index is 13.5. The molecule has 0 fully saturated rings. The van der Waals surface area contributed by atoms with Gasteiger partial charge >= 0.3 is 6.18 Å². The Kier molecular flexibility index (Phi) is 4.75. The molecule has 0 spiro atoms. The largest absolute Gasteiger partial charge is 0.433 e. The molecule has 4 aromatic rings. The number of fused-ring (bicyclic) bond motifs is 1. The van der Waals surface area contributed by atoms with Crippen LogP contribution in [-0.2, 0) is 6.18 Å². The SMILES string of the molecule is O=C(Nc1ccc(F)c(Cl)c1)c1cc2nc(-c3cccs3)cc(C(F)(F)F)n2n1. The van der Waals surface area contributed by atoms with Crippen LogP contribution in [-0.4, -0.2) is 20.5 Å². The zero-order valence-electron chi connectivity index (χ0n) is 14.2. The lowest BCUT2D eigenvalue weighted by Crippen LogP contribution is -2.15. The Morgan fingerprint density at radius 1 is 1.17 bits per heavy atom. The molecule has 0 saturated carbocycles. The van der Waals surface area contributed by atoms with Gasteiger partial charge in [0.2, 0.25) is 0 Å². The molecule has 0 unspecified atom stereocenters. The zero-order chi connectivity index (χ0) is 20.8. The van der Waals surface area contributed by atoms with Crippen LogP contribution in [0.15, 0.2) is 47.8 Å². The number of rotatable bonds is 3. The number of nitrogens with one attached hydrogen (secondary N) is 1. The summed E-state index contributed by atoms with van der Waals surface area (Å²) in [6.45, 7) is 0. The molecule has 0 radical (unpaired) electrons. The molecule has 1 aromatic carbocycles. The quantitative estimate of drug-likeness (QED) is 0.427. The molecule has 29 heavy (non-hydrogen) atoms. The van der Waals surface area contributed by atoms with E-state index in [1.165, 1.54) is 23.5 Å². The van der Waals surface area contributed by atoms with Crippen LogP contribution >= 0.6 is 22.9 Å². The number of aromatic nitrogens is 3. The molecule has 0 aliphatic heterocycles. The predicted octanol–water partition coefficient (Wildman–Crippen LogP) is 5.52. The van der Waals surface area contributed by atoms with Crippen molar-refractivity contribution in [2.75, 3.05) is 5.32 Å². The lowest BCUT2D eigenvalue weighted by atomic mass is 10.2. The average Bonchev–Trinajstić information content (AvgIpc) is 3.32. The Balaban J connectivity index is 1.76. The molecule has 0 bridgehead atoms. The van der Waals surface area contributed by atoms with Crippen LogP contribution in [0.3, 0.4) is 0 Å². The second-order valence-electron chi connectivity index (χ2n) is 5.88. The van der Waals surface area contributed by atoms with E-state index >= 15 is 0 Å². The lowest BCUT2D eigenvalue weighted by Gasteiger charge is -2.10. The van der Waals surface area contributed by atoms with E-state index in [2.05, 4.69) is 15.4 Å². The minimum Gasteiger partial charge on any atom is -0.321 e. The summed E-state index contributed by atoms with van der Waals surface area (Å²) in [5, 5.41) is 7.68. The maximum atomic E-state index is 13.5. The van der Waals surface area contributed by atoms with Gasteiger partial charge in [0.15, 0.2) is 17.0 Å². The first-order valence-corrected chi connectivity index (χ1v) is 9.26. The van der Waals surface area contributed by atoms with Gasteiger partial charge in [-0.25, -0.2) is 13.9 Å².